The van der Waals surface area contributed by atoms with E-state index in [4.69, 9.17) is 14.2 Å². The molecule has 3 rings (SSSR count). The van der Waals surface area contributed by atoms with Crippen LogP contribution in [-0.4, -0.2) is 134 Å². The molecule has 1 saturated heterocycles. The van der Waals surface area contributed by atoms with Gasteiger partial charge in [0.25, 0.3) is 0 Å². The second kappa shape index (κ2) is 29.8. The van der Waals surface area contributed by atoms with Crippen molar-refractivity contribution in [2.45, 2.75) is 144 Å². The lowest BCUT2D eigenvalue weighted by Crippen LogP contribution is -2.55. The lowest BCUT2D eigenvalue weighted by atomic mass is 9.90. The van der Waals surface area contributed by atoms with Crippen LogP contribution >= 0.6 is 0 Å². The monoisotopic (exact) mass is 884 g/mol. The molecule has 0 bridgehead atoms. The fraction of sp³-hybridized carbons (Fsp3) is 0.653. The minimum atomic E-state index is -0.899. The molecule has 1 aliphatic rings. The number of phenols is 1. The average Bonchev–Trinajstić information content (AvgIpc) is 3.76. The van der Waals surface area contributed by atoms with E-state index in [1.54, 1.807) is 35.9 Å². The van der Waals surface area contributed by atoms with Gasteiger partial charge in [-0.05, 0) is 55.0 Å². The number of carbonyl (C=O) groups excluding carboxylic acids is 5. The molecule has 1 fully saturated rings. The van der Waals surface area contributed by atoms with Gasteiger partial charge in [-0.15, -0.1) is 0 Å². The zero-order valence-corrected chi connectivity index (χ0v) is 40.8. The maximum atomic E-state index is 14.2. The number of aromatic hydroxyl groups is 1. The number of methoxy groups -OCH3 is 3. The number of carbonyl (C=O) groups is 5. The van der Waals surface area contributed by atoms with Crippen LogP contribution in [0.15, 0.2) is 54.6 Å². The van der Waals surface area contributed by atoms with Crippen LogP contribution in [0.25, 0.3) is 0 Å². The summed E-state index contributed by atoms with van der Waals surface area (Å²) in [7, 11) is 7.87. The molecule has 14 heteroatoms. The molecular weight excluding hydrogens is 803 g/mol. The molecule has 8 atom stereocenters. The summed E-state index contributed by atoms with van der Waals surface area (Å²) in [5.41, 5.74) is 1.81. The van der Waals surface area contributed by atoms with Crippen LogP contribution < -0.4 is 10.6 Å². The van der Waals surface area contributed by atoms with Crippen LogP contribution in [0.5, 0.6) is 5.75 Å². The van der Waals surface area contributed by atoms with Crippen molar-refractivity contribution in [3.8, 4) is 5.75 Å². The van der Waals surface area contributed by atoms with E-state index >= 15 is 0 Å². The quantitative estimate of drug-likeness (QED) is 0.116. The van der Waals surface area contributed by atoms with E-state index in [0.29, 0.717) is 25.9 Å². The summed E-state index contributed by atoms with van der Waals surface area (Å²) < 4.78 is 16.9. The third-order valence-corrected chi connectivity index (χ3v) is 11.5. The predicted molar refractivity (Wildman–Crippen MR) is 249 cm³/mol. The third kappa shape index (κ3) is 17.5. The number of nitrogens with zero attached hydrogens (tertiary/aromatic N) is 3. The van der Waals surface area contributed by atoms with E-state index < -0.39 is 48.3 Å². The Bertz CT molecular complexity index is 1640. The first-order chi connectivity index (χ1) is 30.0. The lowest BCUT2D eigenvalue weighted by Gasteiger charge is -2.39. The van der Waals surface area contributed by atoms with Gasteiger partial charge >= 0.3 is 5.97 Å². The molecule has 4 amide bonds. The van der Waals surface area contributed by atoms with Gasteiger partial charge < -0.3 is 39.8 Å². The average molecular weight is 884 g/mol. The van der Waals surface area contributed by atoms with Gasteiger partial charge in [-0.3, -0.25) is 24.1 Å². The van der Waals surface area contributed by atoms with Crippen LogP contribution in [0, 0.1) is 17.8 Å². The van der Waals surface area contributed by atoms with Crippen molar-refractivity contribution in [1.29, 1.82) is 0 Å². The Labute approximate surface area is 378 Å². The van der Waals surface area contributed by atoms with E-state index in [1.165, 1.54) is 27.8 Å². The van der Waals surface area contributed by atoms with E-state index in [2.05, 4.69) is 24.5 Å². The Morgan fingerprint density at radius 3 is 1.98 bits per heavy atom. The van der Waals surface area contributed by atoms with E-state index in [-0.39, 0.29) is 60.6 Å². The molecule has 1 aliphatic heterocycles. The van der Waals surface area contributed by atoms with Crippen molar-refractivity contribution in [2.75, 3.05) is 48.5 Å². The molecule has 2 aromatic rings. The second-order valence-electron chi connectivity index (χ2n) is 16.6. The summed E-state index contributed by atoms with van der Waals surface area (Å²) in [4.78, 5) is 73.0. The number of nitrogens with one attached hydrogen (secondary N) is 2. The van der Waals surface area contributed by atoms with Gasteiger partial charge in [0.05, 0.1) is 56.3 Å². The first kappa shape index (κ1) is 56.5. The van der Waals surface area contributed by atoms with Gasteiger partial charge in [-0.2, -0.15) is 0 Å². The number of rotatable bonds is 22. The maximum absolute atomic E-state index is 14.2. The molecule has 63 heavy (non-hydrogen) atoms. The molecular formula is C49H81N5O9. The molecule has 1 heterocycles. The summed E-state index contributed by atoms with van der Waals surface area (Å²) in [6.07, 6.45) is 2.23. The molecule has 14 nitrogen and oxygen atoms in total. The van der Waals surface area contributed by atoms with Crippen LogP contribution in [0.3, 0.4) is 0 Å². The largest absolute Gasteiger partial charge is 0.508 e. The number of amides is 4. The Morgan fingerprint density at radius 1 is 0.857 bits per heavy atom. The van der Waals surface area contributed by atoms with Crippen molar-refractivity contribution in [1.82, 2.24) is 25.3 Å². The highest BCUT2D eigenvalue weighted by molar-refractivity contribution is 5.88. The number of likely N-dealkylation sites (N-methyl/N-ethyl adjacent to an activating group) is 2. The number of hydrogen-bond acceptors (Lipinski definition) is 10. The fourth-order valence-corrected chi connectivity index (χ4v) is 8.21. The van der Waals surface area contributed by atoms with Gasteiger partial charge in [0, 0.05) is 40.8 Å². The molecule has 0 saturated carbocycles. The highest BCUT2D eigenvalue weighted by Gasteiger charge is 2.42. The number of ether oxygens (including phenoxy) is 3. The van der Waals surface area contributed by atoms with Crippen LogP contribution in [-0.2, 0) is 51.1 Å². The van der Waals surface area contributed by atoms with Crippen LogP contribution in [0.2, 0.25) is 0 Å². The smallest absolute Gasteiger partial charge is 0.328 e. The van der Waals surface area contributed by atoms with Gasteiger partial charge in [0.2, 0.25) is 23.6 Å². The first-order valence-electron chi connectivity index (χ1n) is 22.8. The van der Waals surface area contributed by atoms with E-state index in [0.717, 1.165) is 17.5 Å². The zero-order chi connectivity index (χ0) is 47.8. The minimum absolute atomic E-state index is 0.0119. The van der Waals surface area contributed by atoms with Gasteiger partial charge in [-0.1, -0.05) is 118 Å². The molecule has 2 aromatic carbocycles. The van der Waals surface area contributed by atoms with Gasteiger partial charge in [-0.25, -0.2) is 4.79 Å². The molecule has 0 radical (unpaired) electrons. The van der Waals surface area contributed by atoms with E-state index in [9.17, 15) is 29.1 Å². The summed E-state index contributed by atoms with van der Waals surface area (Å²) >= 11 is 0. The van der Waals surface area contributed by atoms with Crippen molar-refractivity contribution < 1.29 is 43.3 Å². The Morgan fingerprint density at radius 2 is 1.46 bits per heavy atom. The Hall–Kier alpha value is -4.53. The molecule has 356 valence electrons. The molecule has 0 spiro atoms. The summed E-state index contributed by atoms with van der Waals surface area (Å²) in [5, 5.41) is 15.4. The normalized spacial score (nSPS) is 16.8. The standard InChI is InChI=1S/C44H67N5O9.C3H8.C2H6/c1-11-29(4)40(48(7)38(52)26-45-43(54)39(28(2)3)47(6)27-32-19-21-33(50)22-20-32)36(56-8)25-37(51)49-23-15-18-35(49)41(57-9)30(5)42(53)46-34(44(55)58-10)24-31-16-13-12-14-17-31;1-3-2;1-2/h12-14,16-17,19-22,28-30,34-36,39-41,50H,11,15,18,23-27H2,1-10H3,(H,45,54)(H,46,53);3H2,1-2H3;1-2H3. The number of phenolic OH excluding ortho intramolecular Hbond substituents is 1. The Balaban J connectivity index is 0.00000380. The molecule has 3 N–H and O–H groups in total. The van der Waals surface area contributed by atoms with Crippen molar-refractivity contribution in [3.63, 3.8) is 0 Å². The molecule has 0 aromatic heterocycles. The van der Waals surface area contributed by atoms with Crippen molar-refractivity contribution in [2.24, 2.45) is 17.8 Å². The summed E-state index contributed by atoms with van der Waals surface area (Å²) in [6, 6.07) is 13.9. The van der Waals surface area contributed by atoms with Crippen molar-refractivity contribution in [3.05, 3.63) is 65.7 Å². The maximum Gasteiger partial charge on any atom is 0.328 e. The number of benzene rings is 2. The summed E-state index contributed by atoms with van der Waals surface area (Å²) in [6.45, 7) is 18.6. The predicted octanol–water partition coefficient (Wildman–Crippen LogP) is 6.23. The van der Waals surface area contributed by atoms with Crippen molar-refractivity contribution >= 4 is 29.6 Å². The highest BCUT2D eigenvalue weighted by Crippen LogP contribution is 2.29. The van der Waals surface area contributed by atoms with Gasteiger partial charge in [0.15, 0.2) is 0 Å². The lowest BCUT2D eigenvalue weighted by molar-refractivity contribution is -0.148. The van der Waals surface area contributed by atoms with Crippen LogP contribution in [0.4, 0.5) is 0 Å². The topological polar surface area (TPSA) is 167 Å². The highest BCUT2D eigenvalue weighted by atomic mass is 16.5. The summed E-state index contributed by atoms with van der Waals surface area (Å²) in [5.74, 6) is -2.35. The number of likely N-dealkylation sites (tertiary alicyclic amines) is 1. The van der Waals surface area contributed by atoms with E-state index in [1.807, 2.05) is 96.0 Å². The number of hydrogen-bond donors (Lipinski definition) is 3. The third-order valence-electron chi connectivity index (χ3n) is 11.5. The zero-order valence-electron chi connectivity index (χ0n) is 40.8. The molecule has 8 unspecified atom stereocenters. The van der Waals surface area contributed by atoms with Gasteiger partial charge in [0.1, 0.15) is 11.8 Å². The first-order valence-corrected chi connectivity index (χ1v) is 22.8. The second-order valence-corrected chi connectivity index (χ2v) is 16.6. The number of esters is 1. The fourth-order valence-electron chi connectivity index (χ4n) is 8.21. The Kier molecular flexibility index (Phi) is 26.7. The minimum Gasteiger partial charge on any atom is -0.508 e. The van der Waals surface area contributed by atoms with Crippen LogP contribution in [0.1, 0.15) is 106 Å². The SMILES string of the molecule is CC.CCC.CCC(C)C(C(CC(=O)N1CCCC1C(OC)C(C)C(=O)NC(Cc1ccccc1)C(=O)OC)OC)N(C)C(=O)CNC(=O)C(C(C)C)N(C)Cc1ccc(O)cc1. The molecule has 0 aliphatic carbocycles.